The molecule has 5 rings (SSSR count). The maximum Gasteiger partial charge on any atom is 0.119 e. The van der Waals surface area contributed by atoms with Crippen molar-refractivity contribution in [2.75, 3.05) is 26.2 Å². The van der Waals surface area contributed by atoms with Gasteiger partial charge in [-0.25, -0.2) is 4.52 Å². The zero-order valence-electron chi connectivity index (χ0n) is 18.5. The van der Waals surface area contributed by atoms with Gasteiger partial charge in [0, 0.05) is 23.9 Å². The predicted molar refractivity (Wildman–Crippen MR) is 127 cm³/mol. The number of fused-ring (bicyclic) bond motifs is 1. The number of ether oxygens (including phenoxy) is 1. The smallest absolute Gasteiger partial charge is 0.119 e. The number of aromatic nitrogens is 2. The van der Waals surface area contributed by atoms with Crippen molar-refractivity contribution >= 4 is 11.1 Å². The van der Waals surface area contributed by atoms with Gasteiger partial charge in [-0.15, -0.1) is 0 Å². The molecular weight excluding hydrogens is 396 g/mol. The lowest BCUT2D eigenvalue weighted by molar-refractivity contribution is 0.183. The van der Waals surface area contributed by atoms with Crippen LogP contribution in [-0.4, -0.2) is 40.8 Å². The third-order valence-electron chi connectivity index (χ3n) is 6.77. The number of nitriles is 1. The quantitative estimate of drug-likeness (QED) is 0.517. The van der Waals surface area contributed by atoms with Crippen molar-refractivity contribution < 1.29 is 4.74 Å². The molecule has 1 atom stereocenters. The van der Waals surface area contributed by atoms with Crippen LogP contribution in [0, 0.1) is 17.2 Å². The van der Waals surface area contributed by atoms with Gasteiger partial charge in [-0.3, -0.25) is 4.90 Å². The van der Waals surface area contributed by atoms with Crippen LogP contribution in [0.1, 0.15) is 44.1 Å². The Labute approximate surface area is 189 Å². The standard InChI is InChI=1S/C27H30N4O/c28-19-21-6-8-22(9-7-21)25-5-4-16-31-27(25)26(20-29-31)23-10-12-24(13-11-23)32-18-17-30-14-2-1-3-15-30/h4-5,8,10-13,16,20-21H,1-3,6-7,9,14-15,17-18H2. The van der Waals surface area contributed by atoms with Crippen molar-refractivity contribution in [3.05, 3.63) is 60.4 Å². The second-order valence-electron chi connectivity index (χ2n) is 8.88. The minimum absolute atomic E-state index is 0.144. The Morgan fingerprint density at radius 2 is 1.91 bits per heavy atom. The molecule has 3 heterocycles. The summed E-state index contributed by atoms with van der Waals surface area (Å²) in [6, 6.07) is 15.0. The lowest BCUT2D eigenvalue weighted by Gasteiger charge is -2.26. The van der Waals surface area contributed by atoms with Crippen molar-refractivity contribution in [3.63, 3.8) is 0 Å². The van der Waals surface area contributed by atoms with E-state index in [2.05, 4.69) is 58.5 Å². The molecule has 2 aliphatic rings. The highest BCUT2D eigenvalue weighted by molar-refractivity contribution is 5.90. The summed E-state index contributed by atoms with van der Waals surface area (Å²) in [4.78, 5) is 2.50. The monoisotopic (exact) mass is 426 g/mol. The average molecular weight is 427 g/mol. The maximum atomic E-state index is 9.22. The first kappa shape index (κ1) is 20.8. The van der Waals surface area contributed by atoms with Gasteiger partial charge in [-0.1, -0.05) is 30.7 Å². The summed E-state index contributed by atoms with van der Waals surface area (Å²) in [5.41, 5.74) is 5.94. The predicted octanol–water partition coefficient (Wildman–Crippen LogP) is 5.57. The maximum absolute atomic E-state index is 9.22. The first-order chi connectivity index (χ1) is 15.8. The van der Waals surface area contributed by atoms with Gasteiger partial charge < -0.3 is 4.74 Å². The molecule has 1 saturated heterocycles. The van der Waals surface area contributed by atoms with E-state index in [1.54, 1.807) is 0 Å². The van der Waals surface area contributed by atoms with Gasteiger partial charge in [0.05, 0.1) is 23.7 Å². The summed E-state index contributed by atoms with van der Waals surface area (Å²) >= 11 is 0. The summed E-state index contributed by atoms with van der Waals surface area (Å²) in [6.07, 6.45) is 12.9. The SMILES string of the molecule is N#CC1CC=C(c2cccn3ncc(-c4ccc(OCCN5CCCCC5)cc4)c23)CC1. The molecule has 0 saturated carbocycles. The molecule has 0 N–H and O–H groups in total. The molecule has 32 heavy (non-hydrogen) atoms. The molecule has 164 valence electrons. The van der Waals surface area contributed by atoms with E-state index in [-0.39, 0.29) is 5.92 Å². The van der Waals surface area contributed by atoms with Crippen LogP contribution in [0.4, 0.5) is 0 Å². The lowest BCUT2D eigenvalue weighted by atomic mass is 9.86. The lowest BCUT2D eigenvalue weighted by Crippen LogP contribution is -2.33. The van der Waals surface area contributed by atoms with Crippen LogP contribution in [0.25, 0.3) is 22.2 Å². The molecule has 2 aromatic heterocycles. The summed E-state index contributed by atoms with van der Waals surface area (Å²) in [7, 11) is 0. The molecule has 1 unspecified atom stereocenters. The third-order valence-corrected chi connectivity index (χ3v) is 6.77. The van der Waals surface area contributed by atoms with Gasteiger partial charge in [-0.2, -0.15) is 10.4 Å². The molecule has 5 nitrogen and oxygen atoms in total. The van der Waals surface area contributed by atoms with E-state index in [1.807, 2.05) is 16.9 Å². The highest BCUT2D eigenvalue weighted by Crippen LogP contribution is 2.36. The van der Waals surface area contributed by atoms with Crippen LogP contribution in [0.2, 0.25) is 0 Å². The van der Waals surface area contributed by atoms with Gasteiger partial charge in [0.15, 0.2) is 0 Å². The fourth-order valence-corrected chi connectivity index (χ4v) is 4.92. The Bertz CT molecular complexity index is 1130. The van der Waals surface area contributed by atoms with Crippen LogP contribution in [0.5, 0.6) is 5.75 Å². The number of benzene rings is 1. The summed E-state index contributed by atoms with van der Waals surface area (Å²) in [5.74, 6) is 1.06. The van der Waals surface area contributed by atoms with E-state index in [4.69, 9.17) is 4.74 Å². The summed E-state index contributed by atoms with van der Waals surface area (Å²) < 4.78 is 7.97. The van der Waals surface area contributed by atoms with Crippen LogP contribution < -0.4 is 4.74 Å². The number of likely N-dealkylation sites (tertiary alicyclic amines) is 1. The minimum atomic E-state index is 0.144. The van der Waals surface area contributed by atoms with Crippen LogP contribution in [-0.2, 0) is 0 Å². The molecule has 0 amide bonds. The zero-order chi connectivity index (χ0) is 21.8. The fraction of sp³-hybridized carbons (Fsp3) is 0.407. The second kappa shape index (κ2) is 9.58. The topological polar surface area (TPSA) is 53.6 Å². The number of rotatable bonds is 6. The molecule has 1 aliphatic carbocycles. The Morgan fingerprint density at radius 1 is 1.06 bits per heavy atom. The van der Waals surface area contributed by atoms with Crippen molar-refractivity contribution in [3.8, 4) is 22.9 Å². The van der Waals surface area contributed by atoms with E-state index in [0.29, 0.717) is 0 Å². The number of nitrogens with zero attached hydrogens (tertiary/aromatic N) is 4. The van der Waals surface area contributed by atoms with E-state index in [9.17, 15) is 5.26 Å². The molecule has 0 bridgehead atoms. The molecular formula is C27H30N4O. The number of hydrogen-bond acceptors (Lipinski definition) is 4. The van der Waals surface area contributed by atoms with Crippen LogP contribution in [0.3, 0.4) is 0 Å². The Kier molecular flexibility index (Phi) is 6.22. The molecule has 1 aromatic carbocycles. The number of allylic oxidation sites excluding steroid dienone is 2. The highest BCUT2D eigenvalue weighted by Gasteiger charge is 2.19. The molecule has 0 radical (unpaired) electrons. The van der Waals surface area contributed by atoms with Crippen molar-refractivity contribution in [1.82, 2.24) is 14.5 Å². The fourth-order valence-electron chi connectivity index (χ4n) is 4.92. The molecule has 1 fully saturated rings. The Hall–Kier alpha value is -3.10. The van der Waals surface area contributed by atoms with Crippen LogP contribution in [0.15, 0.2) is 54.9 Å². The van der Waals surface area contributed by atoms with Gasteiger partial charge in [0.25, 0.3) is 0 Å². The van der Waals surface area contributed by atoms with Crippen molar-refractivity contribution in [2.24, 2.45) is 5.92 Å². The second-order valence-corrected chi connectivity index (χ2v) is 8.88. The van der Waals surface area contributed by atoms with E-state index in [0.717, 1.165) is 54.8 Å². The van der Waals surface area contributed by atoms with Crippen molar-refractivity contribution in [1.29, 1.82) is 5.26 Å². The van der Waals surface area contributed by atoms with Gasteiger partial charge >= 0.3 is 0 Å². The van der Waals surface area contributed by atoms with Gasteiger partial charge in [0.1, 0.15) is 12.4 Å². The van der Waals surface area contributed by atoms with Crippen molar-refractivity contribution in [2.45, 2.75) is 38.5 Å². The summed E-state index contributed by atoms with van der Waals surface area (Å²) in [5, 5.41) is 13.8. The van der Waals surface area contributed by atoms with Gasteiger partial charge in [-0.05, 0) is 74.5 Å². The molecule has 5 heteroatoms. The first-order valence-corrected chi connectivity index (χ1v) is 11.8. The van der Waals surface area contributed by atoms with E-state index < -0.39 is 0 Å². The molecule has 1 aliphatic heterocycles. The number of piperidine rings is 1. The van der Waals surface area contributed by atoms with Gasteiger partial charge in [0.2, 0.25) is 0 Å². The minimum Gasteiger partial charge on any atom is -0.492 e. The zero-order valence-corrected chi connectivity index (χ0v) is 18.5. The highest BCUT2D eigenvalue weighted by atomic mass is 16.5. The van der Waals surface area contributed by atoms with E-state index in [1.165, 1.54) is 43.5 Å². The molecule has 0 spiro atoms. The summed E-state index contributed by atoms with van der Waals surface area (Å²) in [6.45, 7) is 4.14. The Morgan fingerprint density at radius 3 is 2.66 bits per heavy atom. The average Bonchev–Trinajstić information content (AvgIpc) is 3.30. The van der Waals surface area contributed by atoms with E-state index >= 15 is 0 Å². The number of hydrogen-bond donors (Lipinski definition) is 0. The number of pyridine rings is 1. The largest absolute Gasteiger partial charge is 0.492 e. The Balaban J connectivity index is 1.33. The molecule has 3 aromatic rings. The van der Waals surface area contributed by atoms with Crippen LogP contribution >= 0.6 is 0 Å². The first-order valence-electron chi connectivity index (χ1n) is 11.8. The third kappa shape index (κ3) is 4.42. The normalized spacial score (nSPS) is 19.5.